The number of carbonyl (C=O) groups is 1. The molecular formula is C55H103NO13. The molecule has 69 heavy (non-hydrogen) atoms. The van der Waals surface area contributed by atoms with Gasteiger partial charge in [-0.2, -0.15) is 0 Å². The van der Waals surface area contributed by atoms with Crippen molar-refractivity contribution >= 4 is 5.91 Å². The second kappa shape index (κ2) is 41.9. The average Bonchev–Trinajstić information content (AvgIpc) is 3.35. The minimum absolute atomic E-state index is 0.220. The number of carbonyl (C=O) groups excluding carboxylic acids is 1. The van der Waals surface area contributed by atoms with Gasteiger partial charge in [0.15, 0.2) is 12.6 Å². The number of hydrogen-bond donors (Lipinski definition) is 9. The van der Waals surface area contributed by atoms with Crippen molar-refractivity contribution < 1.29 is 64.6 Å². The number of nitrogens with one attached hydrogen (secondary N) is 1. The highest BCUT2D eigenvalue weighted by atomic mass is 16.7. The summed E-state index contributed by atoms with van der Waals surface area (Å²) in [6.45, 7) is 2.79. The molecule has 2 saturated heterocycles. The van der Waals surface area contributed by atoms with E-state index in [1.54, 1.807) is 0 Å². The summed E-state index contributed by atoms with van der Waals surface area (Å²) < 4.78 is 22.8. The van der Waals surface area contributed by atoms with E-state index in [1.807, 2.05) is 0 Å². The molecule has 0 bridgehead atoms. The van der Waals surface area contributed by atoms with Crippen molar-refractivity contribution in [2.24, 2.45) is 0 Å². The Balaban J connectivity index is 1.76. The van der Waals surface area contributed by atoms with Crippen LogP contribution in [0.1, 0.15) is 226 Å². The Morgan fingerprint density at radius 3 is 1.51 bits per heavy atom. The summed E-state index contributed by atoms with van der Waals surface area (Å²) in [6, 6.07) is -0.834. The van der Waals surface area contributed by atoms with E-state index in [1.165, 1.54) is 116 Å². The SMILES string of the molecule is CCC/C=C\C/C=C\CCCCCCCC(=O)NC(COC1OC(CO)C(OC2OC(CO)C(O)C(O)C2O)C(O)C1O)C(O)CCCCCCCCCCCCCCCCCCCCCCCC. The molecule has 0 aromatic heterocycles. The molecular weight excluding hydrogens is 883 g/mol. The van der Waals surface area contributed by atoms with Gasteiger partial charge in [0.1, 0.15) is 48.8 Å². The molecule has 2 fully saturated rings. The van der Waals surface area contributed by atoms with Gasteiger partial charge in [-0.25, -0.2) is 0 Å². The third kappa shape index (κ3) is 28.5. The maximum atomic E-state index is 13.2. The number of amides is 1. The molecule has 2 rings (SSSR count). The quantitative estimate of drug-likeness (QED) is 0.0206. The standard InChI is InChI=1S/C55H103NO13/c1-3-5-7-9-11-13-15-17-18-19-20-21-22-23-24-25-27-28-30-32-34-36-38-44(59)43(56-47(60)39-37-35-33-31-29-26-16-14-12-10-8-6-4-2)42-66-54-52(65)50(63)53(46(41-58)68-54)69-55-51(64)49(62)48(61)45(40-57)67-55/h8,10,14,16,43-46,48-55,57-59,61-65H,3-7,9,11-13,15,17-42H2,1-2H3,(H,56,60)/b10-8-,16-14-. The van der Waals surface area contributed by atoms with Crippen molar-refractivity contribution in [2.45, 2.75) is 299 Å². The van der Waals surface area contributed by atoms with Crippen molar-refractivity contribution in [3.63, 3.8) is 0 Å². The summed E-state index contributed by atoms with van der Waals surface area (Å²) in [5.74, 6) is -0.220. The fourth-order valence-corrected chi connectivity index (χ4v) is 9.33. The van der Waals surface area contributed by atoms with Crippen LogP contribution < -0.4 is 5.32 Å². The van der Waals surface area contributed by atoms with E-state index in [2.05, 4.69) is 43.5 Å². The lowest BCUT2D eigenvalue weighted by atomic mass is 9.97. The summed E-state index contributed by atoms with van der Waals surface area (Å²) in [7, 11) is 0. The molecule has 2 heterocycles. The summed E-state index contributed by atoms with van der Waals surface area (Å²) in [6.07, 6.45) is 30.4. The van der Waals surface area contributed by atoms with Gasteiger partial charge in [0, 0.05) is 6.42 Å². The van der Waals surface area contributed by atoms with E-state index in [9.17, 15) is 45.6 Å². The predicted molar refractivity (Wildman–Crippen MR) is 272 cm³/mol. The van der Waals surface area contributed by atoms with Gasteiger partial charge in [-0.1, -0.05) is 205 Å². The van der Waals surface area contributed by atoms with Crippen LogP contribution in [-0.4, -0.2) is 140 Å². The molecule has 0 saturated carbocycles. The van der Waals surface area contributed by atoms with E-state index < -0.39 is 86.8 Å². The lowest BCUT2D eigenvalue weighted by Gasteiger charge is -2.46. The van der Waals surface area contributed by atoms with Crippen LogP contribution in [0.5, 0.6) is 0 Å². The fourth-order valence-electron chi connectivity index (χ4n) is 9.33. The van der Waals surface area contributed by atoms with E-state index in [4.69, 9.17) is 18.9 Å². The van der Waals surface area contributed by atoms with E-state index >= 15 is 0 Å². The maximum Gasteiger partial charge on any atom is 0.220 e. The Labute approximate surface area is 418 Å². The molecule has 1 amide bonds. The Bertz CT molecular complexity index is 1260. The highest BCUT2D eigenvalue weighted by Crippen LogP contribution is 2.30. The number of aliphatic hydroxyl groups excluding tert-OH is 8. The lowest BCUT2D eigenvalue weighted by Crippen LogP contribution is -2.65. The lowest BCUT2D eigenvalue weighted by molar-refractivity contribution is -0.359. The molecule has 0 radical (unpaired) electrons. The number of hydrogen-bond acceptors (Lipinski definition) is 13. The van der Waals surface area contributed by atoms with Gasteiger partial charge in [0.2, 0.25) is 5.91 Å². The maximum absolute atomic E-state index is 13.2. The molecule has 2 aliphatic rings. The normalized spacial score (nSPS) is 26.3. The predicted octanol–water partition coefficient (Wildman–Crippen LogP) is 8.50. The monoisotopic (exact) mass is 986 g/mol. The first-order valence-corrected chi connectivity index (χ1v) is 28.1. The van der Waals surface area contributed by atoms with Gasteiger partial charge in [0.25, 0.3) is 0 Å². The highest BCUT2D eigenvalue weighted by molar-refractivity contribution is 5.76. The summed E-state index contributed by atoms with van der Waals surface area (Å²) in [5.41, 5.74) is 0. The first-order chi connectivity index (χ1) is 33.6. The van der Waals surface area contributed by atoms with Gasteiger partial charge in [-0.15, -0.1) is 0 Å². The molecule has 2 aliphatic heterocycles. The Morgan fingerprint density at radius 1 is 0.522 bits per heavy atom. The van der Waals surface area contributed by atoms with Crippen LogP contribution in [0.2, 0.25) is 0 Å². The number of rotatable bonds is 44. The summed E-state index contributed by atoms with van der Waals surface area (Å²) in [4.78, 5) is 13.2. The van der Waals surface area contributed by atoms with Gasteiger partial charge >= 0.3 is 0 Å². The third-order valence-electron chi connectivity index (χ3n) is 13.9. The summed E-state index contributed by atoms with van der Waals surface area (Å²) >= 11 is 0. The molecule has 12 atom stereocenters. The van der Waals surface area contributed by atoms with Gasteiger partial charge < -0.3 is 65.1 Å². The fraction of sp³-hybridized carbons (Fsp3) is 0.909. The van der Waals surface area contributed by atoms with Crippen molar-refractivity contribution in [3.8, 4) is 0 Å². The molecule has 14 nitrogen and oxygen atoms in total. The van der Waals surface area contributed by atoms with Crippen LogP contribution >= 0.6 is 0 Å². The van der Waals surface area contributed by atoms with Crippen LogP contribution in [0.4, 0.5) is 0 Å². The van der Waals surface area contributed by atoms with Crippen LogP contribution in [0.3, 0.4) is 0 Å². The molecule has 0 aromatic rings. The molecule has 9 N–H and O–H groups in total. The van der Waals surface area contributed by atoms with Crippen molar-refractivity contribution in [1.29, 1.82) is 0 Å². The molecule has 406 valence electrons. The van der Waals surface area contributed by atoms with Gasteiger partial charge in [-0.05, 0) is 38.5 Å². The first kappa shape index (κ1) is 63.6. The van der Waals surface area contributed by atoms with E-state index in [0.29, 0.717) is 12.8 Å². The molecule has 12 unspecified atom stereocenters. The second-order valence-electron chi connectivity index (χ2n) is 20.1. The number of allylic oxidation sites excluding steroid dienone is 4. The smallest absolute Gasteiger partial charge is 0.220 e. The van der Waals surface area contributed by atoms with Crippen LogP contribution in [0.25, 0.3) is 0 Å². The zero-order valence-electron chi connectivity index (χ0n) is 43.3. The molecule has 0 aliphatic carbocycles. The number of unbranched alkanes of at least 4 members (excludes halogenated alkanes) is 27. The zero-order valence-corrected chi connectivity index (χ0v) is 43.3. The summed E-state index contributed by atoms with van der Waals surface area (Å²) in [5, 5.41) is 87.1. The highest BCUT2D eigenvalue weighted by Gasteiger charge is 2.51. The molecule has 0 aromatic carbocycles. The number of aliphatic hydroxyl groups is 8. The number of ether oxygens (including phenoxy) is 4. The Kier molecular flexibility index (Phi) is 38.6. The second-order valence-corrected chi connectivity index (χ2v) is 20.1. The van der Waals surface area contributed by atoms with Crippen molar-refractivity contribution in [3.05, 3.63) is 24.3 Å². The largest absolute Gasteiger partial charge is 0.394 e. The topological polar surface area (TPSA) is 228 Å². The van der Waals surface area contributed by atoms with Crippen LogP contribution in [-0.2, 0) is 23.7 Å². The van der Waals surface area contributed by atoms with Crippen molar-refractivity contribution in [1.82, 2.24) is 5.32 Å². The minimum atomic E-state index is -1.78. The van der Waals surface area contributed by atoms with E-state index in [0.717, 1.165) is 77.0 Å². The van der Waals surface area contributed by atoms with Crippen LogP contribution in [0.15, 0.2) is 24.3 Å². The Hall–Kier alpha value is -1.53. The van der Waals surface area contributed by atoms with E-state index in [-0.39, 0.29) is 18.9 Å². The van der Waals surface area contributed by atoms with Gasteiger partial charge in [0.05, 0.1) is 32.0 Å². The van der Waals surface area contributed by atoms with Gasteiger partial charge in [-0.3, -0.25) is 4.79 Å². The Morgan fingerprint density at radius 2 is 0.986 bits per heavy atom. The minimum Gasteiger partial charge on any atom is -0.394 e. The third-order valence-corrected chi connectivity index (χ3v) is 13.9. The van der Waals surface area contributed by atoms with Crippen molar-refractivity contribution in [2.75, 3.05) is 19.8 Å². The zero-order chi connectivity index (χ0) is 50.3. The first-order valence-electron chi connectivity index (χ1n) is 28.1. The molecule has 0 spiro atoms. The molecule has 14 heteroatoms. The average molecular weight is 986 g/mol. The van der Waals surface area contributed by atoms with Crippen LogP contribution in [0, 0.1) is 0 Å².